The van der Waals surface area contributed by atoms with Crippen LogP contribution in [0.25, 0.3) is 0 Å². The van der Waals surface area contributed by atoms with Gasteiger partial charge in [-0.1, -0.05) is 40.2 Å². The number of hydrogen-bond acceptors (Lipinski definition) is 8. The van der Waals surface area contributed by atoms with Gasteiger partial charge in [-0.05, 0) is 64.8 Å². The van der Waals surface area contributed by atoms with Gasteiger partial charge in [0.1, 0.15) is 17.5 Å². The Hall–Kier alpha value is -2.94. The fourth-order valence-corrected chi connectivity index (χ4v) is 5.02. The molecule has 1 aromatic rings. The first-order chi connectivity index (χ1) is 18.5. The Labute approximate surface area is 231 Å². The third-order valence-corrected chi connectivity index (χ3v) is 7.26. The number of fused-ring (bicyclic) bond motifs is 1. The molecule has 39 heavy (non-hydrogen) atoms. The van der Waals surface area contributed by atoms with Crippen LogP contribution in [0.1, 0.15) is 79.2 Å². The highest BCUT2D eigenvalue weighted by Crippen LogP contribution is 2.33. The van der Waals surface area contributed by atoms with Crippen molar-refractivity contribution in [3.05, 3.63) is 23.8 Å². The summed E-state index contributed by atoms with van der Waals surface area (Å²) < 4.78 is 16.8. The lowest BCUT2D eigenvalue weighted by Crippen LogP contribution is -2.51. The Morgan fingerprint density at radius 3 is 2.05 bits per heavy atom. The van der Waals surface area contributed by atoms with Crippen LogP contribution < -0.4 is 14.8 Å². The average molecular weight is 545 g/mol. The van der Waals surface area contributed by atoms with Crippen molar-refractivity contribution in [3.8, 4) is 11.5 Å². The zero-order valence-electron chi connectivity index (χ0n) is 24.2. The number of ether oxygens (including phenoxy) is 3. The first-order valence-corrected chi connectivity index (χ1v) is 14.3. The zero-order chi connectivity index (χ0) is 28.7. The Morgan fingerprint density at radius 1 is 0.872 bits per heavy atom. The topological polar surface area (TPSA) is 111 Å². The molecule has 9 nitrogen and oxygen atoms in total. The standard InChI is InChI=1S/C30H44N2O7/c1-18(2)28(34)38-25-11-9-12-26(39-29(35)19(3)4)23(25)17-24(30(36)37-20(5)6)31-27(33)21-13-15-32-14-8-7-10-22(32)16-21/h9,11-12,18-22,24H,7-8,10,13-17H2,1-6H3,(H,31,33)/t21?,22?,24-/m0/s1. The van der Waals surface area contributed by atoms with Crippen LogP contribution in [-0.4, -0.2) is 60.0 Å². The minimum atomic E-state index is -1.06. The quantitative estimate of drug-likeness (QED) is 0.347. The number of carbonyl (C=O) groups is 4. The highest BCUT2D eigenvalue weighted by atomic mass is 16.6. The Bertz CT molecular complexity index is 996. The molecule has 2 saturated heterocycles. The van der Waals surface area contributed by atoms with Crippen LogP contribution in [0.4, 0.5) is 0 Å². The molecule has 2 aliphatic rings. The molecule has 9 heteroatoms. The van der Waals surface area contributed by atoms with Gasteiger partial charge in [-0.2, -0.15) is 0 Å². The highest BCUT2D eigenvalue weighted by molar-refractivity contribution is 5.86. The summed E-state index contributed by atoms with van der Waals surface area (Å²) in [4.78, 5) is 54.1. The predicted octanol–water partition coefficient (Wildman–Crippen LogP) is 4.05. The number of carbonyl (C=O) groups excluding carboxylic acids is 4. The van der Waals surface area contributed by atoms with E-state index in [1.54, 1.807) is 59.7 Å². The number of benzene rings is 1. The van der Waals surface area contributed by atoms with Crippen molar-refractivity contribution in [1.82, 2.24) is 10.2 Å². The van der Waals surface area contributed by atoms with Gasteiger partial charge in [0.05, 0.1) is 17.9 Å². The van der Waals surface area contributed by atoms with Gasteiger partial charge in [-0.15, -0.1) is 0 Å². The molecule has 0 spiro atoms. The van der Waals surface area contributed by atoms with Crippen molar-refractivity contribution in [3.63, 3.8) is 0 Å². The lowest BCUT2D eigenvalue weighted by Gasteiger charge is -2.42. The van der Waals surface area contributed by atoms with E-state index < -0.39 is 41.9 Å². The molecule has 2 unspecified atom stereocenters. The lowest BCUT2D eigenvalue weighted by molar-refractivity contribution is -0.152. The average Bonchev–Trinajstić information content (AvgIpc) is 2.88. The maximum Gasteiger partial charge on any atom is 0.329 e. The summed E-state index contributed by atoms with van der Waals surface area (Å²) >= 11 is 0. The number of nitrogens with zero attached hydrogens (tertiary/aromatic N) is 1. The van der Waals surface area contributed by atoms with Crippen LogP contribution in [0, 0.1) is 17.8 Å². The van der Waals surface area contributed by atoms with Crippen molar-refractivity contribution in [2.75, 3.05) is 13.1 Å². The molecule has 0 bridgehead atoms. The summed E-state index contributed by atoms with van der Waals surface area (Å²) in [7, 11) is 0. The van der Waals surface area contributed by atoms with Gasteiger partial charge in [0, 0.05) is 23.9 Å². The normalized spacial score (nSPS) is 20.3. The number of nitrogens with one attached hydrogen (secondary N) is 1. The van der Waals surface area contributed by atoms with Crippen LogP contribution in [0.2, 0.25) is 0 Å². The minimum absolute atomic E-state index is 0.0676. The molecule has 3 atom stereocenters. The maximum absolute atomic E-state index is 13.5. The van der Waals surface area contributed by atoms with Gasteiger partial charge in [-0.25, -0.2) is 4.79 Å². The number of rotatable bonds is 10. The second-order valence-electron chi connectivity index (χ2n) is 11.5. The molecule has 2 fully saturated rings. The van der Waals surface area contributed by atoms with Gasteiger partial charge < -0.3 is 24.4 Å². The van der Waals surface area contributed by atoms with Crippen LogP contribution in [0.5, 0.6) is 11.5 Å². The SMILES string of the molecule is CC(C)OC(=O)[C@H](Cc1c(OC(=O)C(C)C)cccc1OC(=O)C(C)C)NC(=O)C1CCN2CCCCC2C1. The molecular weight excluding hydrogens is 500 g/mol. The van der Waals surface area contributed by atoms with Crippen molar-refractivity contribution in [2.45, 2.75) is 98.3 Å². The second-order valence-corrected chi connectivity index (χ2v) is 11.5. The van der Waals surface area contributed by atoms with E-state index >= 15 is 0 Å². The van der Waals surface area contributed by atoms with Crippen molar-refractivity contribution >= 4 is 23.8 Å². The van der Waals surface area contributed by atoms with Crippen LogP contribution in [0.15, 0.2) is 18.2 Å². The molecular formula is C30H44N2O7. The summed E-state index contributed by atoms with van der Waals surface area (Å²) in [5, 5.41) is 2.93. The first kappa shape index (κ1) is 30.6. The fraction of sp³-hybridized carbons (Fsp3) is 0.667. The Balaban J connectivity index is 1.89. The Kier molecular flexibility index (Phi) is 10.9. The molecule has 0 radical (unpaired) electrons. The zero-order valence-corrected chi connectivity index (χ0v) is 24.2. The van der Waals surface area contributed by atoms with Crippen LogP contribution in [0.3, 0.4) is 0 Å². The molecule has 1 amide bonds. The van der Waals surface area contributed by atoms with E-state index in [-0.39, 0.29) is 29.7 Å². The highest BCUT2D eigenvalue weighted by Gasteiger charge is 2.36. The van der Waals surface area contributed by atoms with E-state index in [0.29, 0.717) is 11.6 Å². The number of esters is 3. The molecule has 216 valence electrons. The van der Waals surface area contributed by atoms with Crippen LogP contribution >= 0.6 is 0 Å². The van der Waals surface area contributed by atoms with Gasteiger partial charge in [0.15, 0.2) is 0 Å². The van der Waals surface area contributed by atoms with Crippen molar-refractivity contribution in [1.29, 1.82) is 0 Å². The van der Waals surface area contributed by atoms with E-state index in [2.05, 4.69) is 10.2 Å². The minimum Gasteiger partial charge on any atom is -0.461 e. The third-order valence-electron chi connectivity index (χ3n) is 7.26. The van der Waals surface area contributed by atoms with E-state index in [0.717, 1.165) is 32.4 Å². The summed E-state index contributed by atoms with van der Waals surface area (Å²) in [5.41, 5.74) is 0.341. The molecule has 1 N–H and O–H groups in total. The molecule has 0 aromatic heterocycles. The number of hydrogen-bond donors (Lipinski definition) is 1. The first-order valence-electron chi connectivity index (χ1n) is 14.3. The van der Waals surface area contributed by atoms with E-state index in [1.807, 2.05) is 0 Å². The maximum atomic E-state index is 13.5. The molecule has 0 saturated carbocycles. The smallest absolute Gasteiger partial charge is 0.329 e. The van der Waals surface area contributed by atoms with E-state index in [1.165, 1.54) is 12.8 Å². The summed E-state index contributed by atoms with van der Waals surface area (Å²) in [6, 6.07) is 4.14. The molecule has 1 aromatic carbocycles. The molecule has 2 aliphatic heterocycles. The fourth-order valence-electron chi connectivity index (χ4n) is 5.02. The Morgan fingerprint density at radius 2 is 1.49 bits per heavy atom. The third kappa shape index (κ3) is 8.52. The van der Waals surface area contributed by atoms with Gasteiger partial charge in [-0.3, -0.25) is 14.4 Å². The van der Waals surface area contributed by atoms with Crippen molar-refractivity contribution in [2.24, 2.45) is 17.8 Å². The van der Waals surface area contributed by atoms with Gasteiger partial charge in [0.25, 0.3) is 0 Å². The lowest BCUT2D eigenvalue weighted by atomic mass is 9.85. The number of piperidine rings is 2. The van der Waals surface area contributed by atoms with Crippen molar-refractivity contribution < 1.29 is 33.4 Å². The predicted molar refractivity (Wildman–Crippen MR) is 146 cm³/mol. The van der Waals surface area contributed by atoms with Gasteiger partial charge in [0.2, 0.25) is 5.91 Å². The van der Waals surface area contributed by atoms with Crippen LogP contribution in [-0.2, 0) is 30.3 Å². The summed E-state index contributed by atoms with van der Waals surface area (Å²) in [6.45, 7) is 12.3. The van der Waals surface area contributed by atoms with E-state index in [4.69, 9.17) is 14.2 Å². The molecule has 3 rings (SSSR count). The monoisotopic (exact) mass is 544 g/mol. The summed E-state index contributed by atoms with van der Waals surface area (Å²) in [5.74, 6) is -2.36. The van der Waals surface area contributed by atoms with Gasteiger partial charge >= 0.3 is 17.9 Å². The molecule has 0 aliphatic carbocycles. The summed E-state index contributed by atoms with van der Waals surface area (Å²) in [6.07, 6.45) is 4.48. The second kappa shape index (κ2) is 13.9. The molecule has 2 heterocycles. The number of amides is 1. The largest absolute Gasteiger partial charge is 0.461 e. The van der Waals surface area contributed by atoms with E-state index in [9.17, 15) is 19.2 Å².